The van der Waals surface area contributed by atoms with Gasteiger partial charge in [-0.2, -0.15) is 0 Å². The number of hydrogen-bond acceptors (Lipinski definition) is 1. The van der Waals surface area contributed by atoms with Crippen LogP contribution in [0.25, 0.3) is 87.8 Å². The molecule has 0 spiro atoms. The van der Waals surface area contributed by atoms with E-state index in [4.69, 9.17) is 0 Å². The van der Waals surface area contributed by atoms with Gasteiger partial charge < -0.3 is 13.9 Å². The Morgan fingerprint density at radius 1 is 0.362 bits per heavy atom. The highest BCUT2D eigenvalue weighted by molar-refractivity contribution is 6.25. The monoisotopic (exact) mass is 737 g/mol. The van der Waals surface area contributed by atoms with Crippen LogP contribution in [0.5, 0.6) is 0 Å². The summed E-state index contributed by atoms with van der Waals surface area (Å²) in [5.41, 5.74) is 18.5. The molecule has 0 aliphatic heterocycles. The van der Waals surface area contributed by atoms with E-state index in [-0.39, 0.29) is 0 Å². The number of aromatic nitrogens is 2. The summed E-state index contributed by atoms with van der Waals surface area (Å²) in [4.78, 5) is 2.46. The van der Waals surface area contributed by atoms with Crippen molar-refractivity contribution in [2.75, 3.05) is 4.90 Å². The van der Waals surface area contributed by atoms with Crippen LogP contribution in [0.4, 0.5) is 17.1 Å². The highest BCUT2D eigenvalue weighted by atomic mass is 15.2. The van der Waals surface area contributed by atoms with Crippen LogP contribution in [0.1, 0.15) is 11.1 Å². The molecule has 270 valence electrons. The lowest BCUT2D eigenvalue weighted by Gasteiger charge is -2.27. The summed E-state index contributed by atoms with van der Waals surface area (Å²) in [5.74, 6) is 0. The van der Waals surface area contributed by atoms with Gasteiger partial charge in [0, 0.05) is 49.4 Å². The number of rotatable bonds is 5. The Labute approximate surface area is 335 Å². The Morgan fingerprint density at radius 2 is 0.931 bits per heavy atom. The summed E-state index contributed by atoms with van der Waals surface area (Å²) in [6.45, 7) is 0. The summed E-state index contributed by atoms with van der Waals surface area (Å²) >= 11 is 0. The van der Waals surface area contributed by atoms with Crippen molar-refractivity contribution in [1.29, 1.82) is 0 Å². The lowest BCUT2D eigenvalue weighted by molar-refractivity contribution is 1.17. The highest BCUT2D eigenvalue weighted by Gasteiger charge is 2.24. The maximum Gasteiger partial charge on any atom is 0.0782 e. The van der Waals surface area contributed by atoms with Gasteiger partial charge in [0.15, 0.2) is 0 Å². The van der Waals surface area contributed by atoms with E-state index in [9.17, 15) is 0 Å². The second-order valence-electron chi connectivity index (χ2n) is 15.7. The van der Waals surface area contributed by atoms with E-state index in [1.807, 2.05) is 0 Å². The van der Waals surface area contributed by atoms with Crippen molar-refractivity contribution in [3.8, 4) is 27.9 Å². The van der Waals surface area contributed by atoms with Crippen LogP contribution in [0, 0.1) is 0 Å². The molecule has 0 saturated heterocycles. The molecule has 0 N–H and O–H groups in total. The van der Waals surface area contributed by atoms with Gasteiger partial charge in [-0.05, 0) is 100 Å². The third-order valence-corrected chi connectivity index (χ3v) is 12.6. The van der Waals surface area contributed by atoms with Crippen LogP contribution in [-0.4, -0.2) is 8.97 Å². The molecule has 1 aliphatic carbocycles. The van der Waals surface area contributed by atoms with Crippen molar-refractivity contribution >= 4 is 77.0 Å². The second-order valence-corrected chi connectivity index (χ2v) is 15.7. The molecule has 0 fully saturated rings. The van der Waals surface area contributed by atoms with Crippen molar-refractivity contribution in [2.45, 2.75) is 6.42 Å². The van der Waals surface area contributed by atoms with E-state index >= 15 is 0 Å². The van der Waals surface area contributed by atoms with E-state index < -0.39 is 0 Å². The van der Waals surface area contributed by atoms with Gasteiger partial charge in [0.2, 0.25) is 0 Å². The molecule has 13 rings (SSSR count). The lowest BCUT2D eigenvalue weighted by Crippen LogP contribution is -2.11. The average molecular weight is 738 g/mol. The first-order chi connectivity index (χ1) is 28.8. The van der Waals surface area contributed by atoms with Gasteiger partial charge in [-0.25, -0.2) is 0 Å². The van der Waals surface area contributed by atoms with Crippen molar-refractivity contribution < 1.29 is 0 Å². The zero-order valence-corrected chi connectivity index (χ0v) is 31.6. The van der Waals surface area contributed by atoms with Gasteiger partial charge in [-0.15, -0.1) is 0 Å². The predicted octanol–water partition coefficient (Wildman–Crippen LogP) is 14.6. The van der Waals surface area contributed by atoms with Crippen LogP contribution < -0.4 is 4.90 Å². The molecule has 9 aromatic carbocycles. The van der Waals surface area contributed by atoms with E-state index in [0.717, 1.165) is 29.2 Å². The van der Waals surface area contributed by atoms with E-state index in [2.05, 4.69) is 214 Å². The zero-order valence-electron chi connectivity index (χ0n) is 31.6. The molecule has 1 aliphatic rings. The molecular formula is C55H35N3. The molecule has 0 unspecified atom stereocenters. The molecule has 0 radical (unpaired) electrons. The van der Waals surface area contributed by atoms with Crippen molar-refractivity contribution in [3.63, 3.8) is 0 Å². The first-order valence-electron chi connectivity index (χ1n) is 20.1. The maximum absolute atomic E-state index is 2.51. The molecule has 0 atom stereocenters. The minimum Gasteiger partial charge on any atom is -0.309 e. The van der Waals surface area contributed by atoms with Crippen LogP contribution in [0.15, 0.2) is 200 Å². The molecule has 0 bridgehead atoms. The fourth-order valence-electron chi connectivity index (χ4n) is 10.1. The Bertz CT molecular complexity index is 3550. The standard InChI is InChI=1S/C55H35N3/c1-2-15-42-37(12-1)32-38-27-26-36(33-49(38)42)35-28-30-39(31-29-35)56(40-13-9-14-41(34-40)57-50-22-6-3-16-43(50)44-17-4-7-23-51(44)57)53-25-11-21-48-47-20-10-19-46-45-18-5-8-24-52(45)58(54(46)47)55(48)53/h1-31,33-34H,32H2. The number of hydrogen-bond donors (Lipinski definition) is 0. The van der Waals surface area contributed by atoms with E-state index in [1.54, 1.807) is 0 Å². The number of anilines is 3. The summed E-state index contributed by atoms with van der Waals surface area (Å²) in [6, 6.07) is 74.0. The van der Waals surface area contributed by atoms with Crippen LogP contribution >= 0.6 is 0 Å². The van der Waals surface area contributed by atoms with Gasteiger partial charge in [0.05, 0.1) is 33.3 Å². The Kier molecular flexibility index (Phi) is 6.50. The van der Waals surface area contributed by atoms with Crippen molar-refractivity contribution in [1.82, 2.24) is 8.97 Å². The fraction of sp³-hybridized carbons (Fsp3) is 0.0182. The summed E-state index contributed by atoms with van der Waals surface area (Å²) in [7, 11) is 0. The van der Waals surface area contributed by atoms with Gasteiger partial charge in [-0.1, -0.05) is 140 Å². The van der Waals surface area contributed by atoms with E-state index in [1.165, 1.54) is 93.3 Å². The first kappa shape index (κ1) is 31.6. The minimum absolute atomic E-state index is 1.00. The van der Waals surface area contributed by atoms with Crippen LogP contribution in [-0.2, 0) is 6.42 Å². The lowest BCUT2D eigenvalue weighted by atomic mass is 9.98. The summed E-state index contributed by atoms with van der Waals surface area (Å²) in [6.07, 6.45) is 1.00. The predicted molar refractivity (Wildman–Crippen MR) is 244 cm³/mol. The Balaban J connectivity index is 1.04. The molecular weight excluding hydrogens is 703 g/mol. The molecule has 3 aromatic heterocycles. The molecule has 12 aromatic rings. The number of benzene rings is 9. The third kappa shape index (κ3) is 4.38. The van der Waals surface area contributed by atoms with Crippen LogP contribution in [0.3, 0.4) is 0 Å². The van der Waals surface area contributed by atoms with Crippen molar-refractivity contribution in [3.05, 3.63) is 211 Å². The van der Waals surface area contributed by atoms with Gasteiger partial charge >= 0.3 is 0 Å². The number of fused-ring (bicyclic) bond motifs is 12. The second kappa shape index (κ2) is 11.9. The Morgan fingerprint density at radius 3 is 1.71 bits per heavy atom. The van der Waals surface area contributed by atoms with Crippen molar-refractivity contribution in [2.24, 2.45) is 0 Å². The fourth-order valence-corrected chi connectivity index (χ4v) is 10.1. The molecule has 0 amide bonds. The largest absolute Gasteiger partial charge is 0.309 e. The van der Waals surface area contributed by atoms with Gasteiger partial charge in [0.1, 0.15) is 0 Å². The average Bonchev–Trinajstić information content (AvgIpc) is 4.03. The maximum atomic E-state index is 2.51. The minimum atomic E-state index is 1.00. The van der Waals surface area contributed by atoms with E-state index in [0.29, 0.717) is 0 Å². The summed E-state index contributed by atoms with van der Waals surface area (Å²) in [5, 5.41) is 7.61. The SMILES string of the molecule is c1cc(N(c2ccc(-c3ccc4c(c3)-c3ccccc3C4)cc2)c2cccc3c4cccc5c6ccccc6n(c23)c54)cc(-n2c3ccccc3c3ccccc32)c1. The number of para-hydroxylation sites is 5. The molecule has 3 heteroatoms. The van der Waals surface area contributed by atoms with Gasteiger partial charge in [-0.3, -0.25) is 0 Å². The topological polar surface area (TPSA) is 12.6 Å². The normalized spacial score (nSPS) is 12.4. The molecule has 0 saturated carbocycles. The molecule has 3 heterocycles. The number of nitrogens with zero attached hydrogens (tertiary/aromatic N) is 3. The first-order valence-corrected chi connectivity index (χ1v) is 20.1. The third-order valence-electron chi connectivity index (χ3n) is 12.6. The Hall–Kier alpha value is -7.62. The van der Waals surface area contributed by atoms with Gasteiger partial charge in [0.25, 0.3) is 0 Å². The summed E-state index contributed by atoms with van der Waals surface area (Å²) < 4.78 is 4.92. The zero-order chi connectivity index (χ0) is 37.9. The molecule has 3 nitrogen and oxygen atoms in total. The molecule has 58 heavy (non-hydrogen) atoms. The quantitative estimate of drug-likeness (QED) is 0.171. The highest BCUT2D eigenvalue weighted by Crippen LogP contribution is 2.47. The van der Waals surface area contributed by atoms with Crippen LogP contribution in [0.2, 0.25) is 0 Å². The smallest absolute Gasteiger partial charge is 0.0782 e.